The summed E-state index contributed by atoms with van der Waals surface area (Å²) in [4.78, 5) is 20.6. The van der Waals surface area contributed by atoms with E-state index in [4.69, 9.17) is 5.11 Å². The third-order valence-corrected chi connectivity index (χ3v) is 1.34. The van der Waals surface area contributed by atoms with Gasteiger partial charge in [-0.2, -0.15) is 5.10 Å². The number of hydrogen-bond acceptors (Lipinski definition) is 3. The molecule has 1 aromatic heterocycles. The Hall–Kier alpha value is -1.65. The van der Waals surface area contributed by atoms with Crippen LogP contribution in [0.1, 0.15) is 16.2 Å². The Kier molecular flexibility index (Phi) is 2.23. The molecule has 0 saturated carbocycles. The standard InChI is InChI=1S/C7H8N2O3/c1-5-2-6(4-10)9(8-5)3-7(11)12/h2,4H,3H2,1H3,(H,11,12). The van der Waals surface area contributed by atoms with E-state index in [1.165, 1.54) is 6.07 Å². The Morgan fingerprint density at radius 2 is 2.50 bits per heavy atom. The van der Waals surface area contributed by atoms with Gasteiger partial charge >= 0.3 is 5.97 Å². The summed E-state index contributed by atoms with van der Waals surface area (Å²) in [6, 6.07) is 1.54. The second-order valence-corrected chi connectivity index (χ2v) is 2.38. The Morgan fingerprint density at radius 1 is 1.83 bits per heavy atom. The van der Waals surface area contributed by atoms with Crippen molar-refractivity contribution in [2.45, 2.75) is 13.5 Å². The molecule has 0 atom stereocenters. The van der Waals surface area contributed by atoms with Gasteiger partial charge in [-0.25, -0.2) is 0 Å². The first-order chi connectivity index (χ1) is 5.63. The van der Waals surface area contributed by atoms with Gasteiger partial charge < -0.3 is 5.11 Å². The zero-order valence-corrected chi connectivity index (χ0v) is 6.52. The van der Waals surface area contributed by atoms with Crippen LogP contribution in [0.25, 0.3) is 0 Å². The molecule has 0 aliphatic rings. The molecule has 1 N–H and O–H groups in total. The first kappa shape index (κ1) is 8.45. The van der Waals surface area contributed by atoms with E-state index in [1.807, 2.05) is 0 Å². The highest BCUT2D eigenvalue weighted by atomic mass is 16.4. The maximum atomic E-state index is 10.4. The van der Waals surface area contributed by atoms with E-state index >= 15 is 0 Å². The molecule has 0 bridgehead atoms. The summed E-state index contributed by atoms with van der Waals surface area (Å²) in [5.74, 6) is -1.01. The summed E-state index contributed by atoms with van der Waals surface area (Å²) in [5, 5.41) is 12.2. The maximum absolute atomic E-state index is 10.4. The maximum Gasteiger partial charge on any atom is 0.325 e. The van der Waals surface area contributed by atoms with Gasteiger partial charge in [-0.05, 0) is 13.0 Å². The second kappa shape index (κ2) is 3.17. The third-order valence-electron chi connectivity index (χ3n) is 1.34. The van der Waals surface area contributed by atoms with Crippen LogP contribution in [0, 0.1) is 6.92 Å². The smallest absolute Gasteiger partial charge is 0.325 e. The number of aromatic nitrogens is 2. The van der Waals surface area contributed by atoms with Crippen LogP contribution in [0.4, 0.5) is 0 Å². The first-order valence-corrected chi connectivity index (χ1v) is 3.35. The number of carbonyl (C=O) groups is 2. The topological polar surface area (TPSA) is 72.2 Å². The molecule has 1 aromatic rings. The molecule has 5 heteroatoms. The molecule has 0 radical (unpaired) electrons. The van der Waals surface area contributed by atoms with E-state index in [-0.39, 0.29) is 12.2 Å². The molecule has 64 valence electrons. The highest BCUT2D eigenvalue weighted by molar-refractivity contribution is 5.74. The van der Waals surface area contributed by atoms with Crippen molar-refractivity contribution in [2.75, 3.05) is 0 Å². The first-order valence-electron chi connectivity index (χ1n) is 3.35. The van der Waals surface area contributed by atoms with E-state index in [0.29, 0.717) is 12.0 Å². The second-order valence-electron chi connectivity index (χ2n) is 2.38. The number of hydrogen-bond donors (Lipinski definition) is 1. The Balaban J connectivity index is 2.96. The molecule has 12 heavy (non-hydrogen) atoms. The van der Waals surface area contributed by atoms with Gasteiger partial charge in [0.25, 0.3) is 0 Å². The van der Waals surface area contributed by atoms with Crippen molar-refractivity contribution in [3.05, 3.63) is 17.5 Å². The minimum atomic E-state index is -1.01. The molecule has 0 fully saturated rings. The van der Waals surface area contributed by atoms with Crippen LogP contribution in [0.5, 0.6) is 0 Å². The Labute approximate surface area is 68.6 Å². The minimum Gasteiger partial charge on any atom is -0.480 e. The molecule has 0 aliphatic heterocycles. The average Bonchev–Trinajstić information content (AvgIpc) is 2.29. The number of aliphatic carboxylic acids is 1. The number of aldehydes is 1. The van der Waals surface area contributed by atoms with Gasteiger partial charge in [0.2, 0.25) is 0 Å². The molecule has 1 heterocycles. The molecule has 0 spiro atoms. The summed E-state index contributed by atoms with van der Waals surface area (Å²) in [6.07, 6.45) is 0.586. The fraction of sp³-hybridized carbons (Fsp3) is 0.286. The van der Waals surface area contributed by atoms with Crippen LogP contribution >= 0.6 is 0 Å². The molecular formula is C7H8N2O3. The normalized spacial score (nSPS) is 9.75. The van der Waals surface area contributed by atoms with Gasteiger partial charge in [-0.3, -0.25) is 14.3 Å². The van der Waals surface area contributed by atoms with Gasteiger partial charge in [0.15, 0.2) is 6.29 Å². The lowest BCUT2D eigenvalue weighted by Gasteiger charge is -1.96. The van der Waals surface area contributed by atoms with E-state index in [1.54, 1.807) is 6.92 Å². The molecule has 0 unspecified atom stereocenters. The molecule has 0 aliphatic carbocycles. The summed E-state index contributed by atoms with van der Waals surface area (Å²) < 4.78 is 1.16. The van der Waals surface area contributed by atoms with Crippen molar-refractivity contribution in [1.29, 1.82) is 0 Å². The van der Waals surface area contributed by atoms with E-state index in [9.17, 15) is 9.59 Å². The van der Waals surface area contributed by atoms with E-state index < -0.39 is 5.97 Å². The van der Waals surface area contributed by atoms with Crippen molar-refractivity contribution in [3.8, 4) is 0 Å². The predicted octanol–water partition coefficient (Wildman–Crippen LogP) is 0.0886. The number of rotatable bonds is 3. The number of carboxylic acid groups (broad SMARTS) is 1. The van der Waals surface area contributed by atoms with Crippen LogP contribution in [0.2, 0.25) is 0 Å². The van der Waals surface area contributed by atoms with Crippen molar-refractivity contribution < 1.29 is 14.7 Å². The molecule has 1 rings (SSSR count). The number of aryl methyl sites for hydroxylation is 1. The molecule has 0 aromatic carbocycles. The van der Waals surface area contributed by atoms with Crippen LogP contribution in [0.15, 0.2) is 6.07 Å². The largest absolute Gasteiger partial charge is 0.480 e. The Bertz CT molecular complexity index is 316. The highest BCUT2D eigenvalue weighted by Gasteiger charge is 2.06. The van der Waals surface area contributed by atoms with Crippen LogP contribution in [-0.2, 0) is 11.3 Å². The lowest BCUT2D eigenvalue weighted by atomic mass is 10.4. The molecule has 0 amide bonds. The monoisotopic (exact) mass is 168 g/mol. The SMILES string of the molecule is Cc1cc(C=O)n(CC(=O)O)n1. The summed E-state index contributed by atoms with van der Waals surface area (Å²) in [5.41, 5.74) is 0.924. The van der Waals surface area contributed by atoms with Gasteiger partial charge in [0.05, 0.1) is 5.69 Å². The third kappa shape index (κ3) is 1.69. The van der Waals surface area contributed by atoms with Crippen LogP contribution < -0.4 is 0 Å². The lowest BCUT2D eigenvalue weighted by molar-refractivity contribution is -0.137. The van der Waals surface area contributed by atoms with Crippen molar-refractivity contribution >= 4 is 12.3 Å². The summed E-state index contributed by atoms with van der Waals surface area (Å²) >= 11 is 0. The average molecular weight is 168 g/mol. The Morgan fingerprint density at radius 3 is 3.00 bits per heavy atom. The fourth-order valence-electron chi connectivity index (χ4n) is 0.915. The molecular weight excluding hydrogens is 160 g/mol. The zero-order valence-electron chi connectivity index (χ0n) is 6.52. The summed E-state index contributed by atoms with van der Waals surface area (Å²) in [7, 11) is 0. The van der Waals surface area contributed by atoms with E-state index in [2.05, 4.69) is 5.10 Å². The van der Waals surface area contributed by atoms with Gasteiger partial charge in [0, 0.05) is 0 Å². The van der Waals surface area contributed by atoms with Crippen LogP contribution in [-0.4, -0.2) is 27.1 Å². The molecule has 5 nitrogen and oxygen atoms in total. The fourth-order valence-corrected chi connectivity index (χ4v) is 0.915. The number of carboxylic acids is 1. The van der Waals surface area contributed by atoms with E-state index in [0.717, 1.165) is 4.68 Å². The number of carbonyl (C=O) groups excluding carboxylic acids is 1. The predicted molar refractivity (Wildman–Crippen MR) is 40.0 cm³/mol. The van der Waals surface area contributed by atoms with Crippen LogP contribution in [0.3, 0.4) is 0 Å². The number of nitrogens with zero attached hydrogens (tertiary/aromatic N) is 2. The quantitative estimate of drug-likeness (QED) is 0.649. The molecule has 0 saturated heterocycles. The van der Waals surface area contributed by atoms with Gasteiger partial charge in [0.1, 0.15) is 12.2 Å². The van der Waals surface area contributed by atoms with Gasteiger partial charge in [-0.15, -0.1) is 0 Å². The highest BCUT2D eigenvalue weighted by Crippen LogP contribution is 1.99. The minimum absolute atomic E-state index is 0.276. The van der Waals surface area contributed by atoms with Crippen molar-refractivity contribution in [1.82, 2.24) is 9.78 Å². The van der Waals surface area contributed by atoms with Crippen molar-refractivity contribution in [2.24, 2.45) is 0 Å². The van der Waals surface area contributed by atoms with Crippen molar-refractivity contribution in [3.63, 3.8) is 0 Å². The summed E-state index contributed by atoms with van der Waals surface area (Å²) in [6.45, 7) is 1.42. The zero-order chi connectivity index (χ0) is 9.14. The van der Waals surface area contributed by atoms with Gasteiger partial charge in [-0.1, -0.05) is 0 Å². The lowest BCUT2D eigenvalue weighted by Crippen LogP contribution is -2.12.